The van der Waals surface area contributed by atoms with Crippen molar-refractivity contribution in [3.8, 4) is 5.75 Å². The van der Waals surface area contributed by atoms with E-state index >= 15 is 0 Å². The van der Waals surface area contributed by atoms with Crippen molar-refractivity contribution in [3.63, 3.8) is 0 Å². The van der Waals surface area contributed by atoms with Crippen molar-refractivity contribution < 1.29 is 9.84 Å². The minimum atomic E-state index is -0.556. The summed E-state index contributed by atoms with van der Waals surface area (Å²) < 4.78 is 7.41. The molecule has 1 aromatic carbocycles. The monoisotopic (exact) mass is 346 g/mol. The maximum absolute atomic E-state index is 9.68. The van der Waals surface area contributed by atoms with E-state index in [0.717, 1.165) is 19.2 Å². The largest absolute Gasteiger partial charge is 0.488 e. The van der Waals surface area contributed by atoms with E-state index in [1.165, 1.54) is 11.3 Å². The second-order valence-corrected chi connectivity index (χ2v) is 6.57. The maximum Gasteiger partial charge on any atom is 0.126 e. The van der Waals surface area contributed by atoms with Crippen molar-refractivity contribution in [1.29, 1.82) is 0 Å². The SMILES string of the molecule is C[C@@H](O)c1ccc(Br)cc1OCc1ccc(Cl)s1. The van der Waals surface area contributed by atoms with Gasteiger partial charge in [-0.05, 0) is 31.2 Å². The Labute approximate surface area is 123 Å². The molecule has 0 bridgehead atoms. The van der Waals surface area contributed by atoms with Crippen molar-refractivity contribution in [1.82, 2.24) is 0 Å². The van der Waals surface area contributed by atoms with Crippen molar-refractivity contribution in [2.45, 2.75) is 19.6 Å². The molecular weight excluding hydrogens is 336 g/mol. The normalized spacial score (nSPS) is 12.4. The van der Waals surface area contributed by atoms with E-state index in [-0.39, 0.29) is 0 Å². The molecule has 1 heterocycles. The van der Waals surface area contributed by atoms with Crippen LogP contribution >= 0.6 is 38.9 Å². The molecule has 5 heteroatoms. The van der Waals surface area contributed by atoms with Crippen molar-refractivity contribution in [3.05, 3.63) is 49.6 Å². The number of halogens is 2. The number of hydrogen-bond acceptors (Lipinski definition) is 3. The van der Waals surface area contributed by atoms with Crippen LogP contribution in [-0.4, -0.2) is 5.11 Å². The van der Waals surface area contributed by atoms with Crippen molar-refractivity contribution >= 4 is 38.9 Å². The lowest BCUT2D eigenvalue weighted by Gasteiger charge is -2.13. The average Bonchev–Trinajstić information content (AvgIpc) is 2.72. The van der Waals surface area contributed by atoms with Crippen LogP contribution in [0.2, 0.25) is 4.34 Å². The van der Waals surface area contributed by atoms with Crippen LogP contribution in [0.4, 0.5) is 0 Å². The Morgan fingerprint density at radius 3 is 2.78 bits per heavy atom. The first kappa shape index (κ1) is 13.9. The van der Waals surface area contributed by atoms with Gasteiger partial charge < -0.3 is 9.84 Å². The summed E-state index contributed by atoms with van der Waals surface area (Å²) >= 11 is 10.8. The summed E-state index contributed by atoms with van der Waals surface area (Å²) in [4.78, 5) is 1.05. The zero-order valence-electron chi connectivity index (χ0n) is 9.69. The van der Waals surface area contributed by atoms with Gasteiger partial charge in [0.15, 0.2) is 0 Å². The number of aliphatic hydroxyl groups excluding tert-OH is 1. The topological polar surface area (TPSA) is 29.5 Å². The first-order valence-corrected chi connectivity index (χ1v) is 7.39. The fourth-order valence-electron chi connectivity index (χ4n) is 1.56. The van der Waals surface area contributed by atoms with E-state index in [1.807, 2.05) is 30.3 Å². The van der Waals surface area contributed by atoms with Gasteiger partial charge in [-0.3, -0.25) is 0 Å². The molecule has 0 spiro atoms. The summed E-state index contributed by atoms with van der Waals surface area (Å²) in [7, 11) is 0. The second kappa shape index (κ2) is 6.06. The van der Waals surface area contributed by atoms with Crippen LogP contribution in [0.1, 0.15) is 23.5 Å². The summed E-state index contributed by atoms with van der Waals surface area (Å²) in [5.74, 6) is 0.684. The lowest BCUT2D eigenvalue weighted by atomic mass is 10.1. The van der Waals surface area contributed by atoms with Crippen LogP contribution < -0.4 is 4.74 Å². The molecule has 0 radical (unpaired) electrons. The fraction of sp³-hybridized carbons (Fsp3) is 0.231. The quantitative estimate of drug-likeness (QED) is 0.861. The molecule has 0 aliphatic rings. The number of rotatable bonds is 4. The summed E-state index contributed by atoms with van der Waals surface area (Å²) in [5, 5.41) is 9.68. The van der Waals surface area contributed by atoms with Gasteiger partial charge in [0.1, 0.15) is 12.4 Å². The molecule has 96 valence electrons. The smallest absolute Gasteiger partial charge is 0.126 e. The highest BCUT2D eigenvalue weighted by Gasteiger charge is 2.10. The molecule has 0 unspecified atom stereocenters. The molecule has 1 N–H and O–H groups in total. The first-order chi connectivity index (χ1) is 8.56. The number of aliphatic hydroxyl groups is 1. The Bertz CT molecular complexity index is 540. The Kier molecular flexibility index (Phi) is 4.67. The highest BCUT2D eigenvalue weighted by molar-refractivity contribution is 9.10. The Morgan fingerprint density at radius 1 is 1.39 bits per heavy atom. The molecule has 0 saturated heterocycles. The third kappa shape index (κ3) is 3.48. The highest BCUT2D eigenvalue weighted by atomic mass is 79.9. The fourth-order valence-corrected chi connectivity index (χ4v) is 2.90. The summed E-state index contributed by atoms with van der Waals surface area (Å²) in [5.41, 5.74) is 0.779. The van der Waals surface area contributed by atoms with Crippen LogP contribution in [-0.2, 0) is 6.61 Å². The van der Waals surface area contributed by atoms with Gasteiger partial charge in [0.25, 0.3) is 0 Å². The van der Waals surface area contributed by atoms with E-state index in [2.05, 4.69) is 15.9 Å². The average molecular weight is 348 g/mol. The van der Waals surface area contributed by atoms with Gasteiger partial charge in [0.05, 0.1) is 10.4 Å². The standard InChI is InChI=1S/C13H12BrClO2S/c1-8(16)11-4-2-9(14)6-12(11)17-7-10-3-5-13(15)18-10/h2-6,8,16H,7H2,1H3/t8-/m1/s1. The van der Waals surface area contributed by atoms with E-state index in [0.29, 0.717) is 12.4 Å². The molecule has 0 saturated carbocycles. The lowest BCUT2D eigenvalue weighted by Crippen LogP contribution is -2.00. The summed E-state index contributed by atoms with van der Waals surface area (Å²) in [6.07, 6.45) is -0.556. The molecule has 2 nitrogen and oxygen atoms in total. The van der Waals surface area contributed by atoms with Crippen LogP contribution in [0.5, 0.6) is 5.75 Å². The molecule has 0 aliphatic carbocycles. The Morgan fingerprint density at radius 2 is 2.17 bits per heavy atom. The zero-order valence-corrected chi connectivity index (χ0v) is 12.8. The van der Waals surface area contributed by atoms with Crippen LogP contribution in [0, 0.1) is 0 Å². The van der Waals surface area contributed by atoms with Gasteiger partial charge >= 0.3 is 0 Å². The summed E-state index contributed by atoms with van der Waals surface area (Å²) in [6.45, 7) is 2.17. The minimum Gasteiger partial charge on any atom is -0.488 e. The van der Waals surface area contributed by atoms with E-state index in [4.69, 9.17) is 16.3 Å². The van der Waals surface area contributed by atoms with Gasteiger partial charge in [-0.2, -0.15) is 0 Å². The van der Waals surface area contributed by atoms with Gasteiger partial charge in [0.2, 0.25) is 0 Å². The minimum absolute atomic E-state index is 0.452. The number of benzene rings is 1. The van der Waals surface area contributed by atoms with E-state index < -0.39 is 6.10 Å². The third-order valence-electron chi connectivity index (χ3n) is 2.42. The molecule has 2 rings (SSSR count). The van der Waals surface area contributed by atoms with Gasteiger partial charge in [-0.25, -0.2) is 0 Å². The van der Waals surface area contributed by atoms with Crippen molar-refractivity contribution in [2.75, 3.05) is 0 Å². The second-order valence-electron chi connectivity index (χ2n) is 3.85. The number of hydrogen-bond donors (Lipinski definition) is 1. The third-order valence-corrected chi connectivity index (χ3v) is 4.12. The first-order valence-electron chi connectivity index (χ1n) is 5.41. The molecule has 1 atom stereocenters. The van der Waals surface area contributed by atoms with Crippen molar-refractivity contribution in [2.24, 2.45) is 0 Å². The molecule has 0 amide bonds. The number of ether oxygens (including phenoxy) is 1. The molecule has 18 heavy (non-hydrogen) atoms. The molecular formula is C13H12BrClO2S. The van der Waals surface area contributed by atoms with Crippen LogP contribution in [0.3, 0.4) is 0 Å². The van der Waals surface area contributed by atoms with E-state index in [9.17, 15) is 5.11 Å². The summed E-state index contributed by atoms with van der Waals surface area (Å²) in [6, 6.07) is 9.38. The highest BCUT2D eigenvalue weighted by Crippen LogP contribution is 2.30. The zero-order chi connectivity index (χ0) is 13.1. The molecule has 2 aromatic rings. The predicted octanol–water partition coefficient (Wildman–Crippen LogP) is 4.80. The van der Waals surface area contributed by atoms with E-state index in [1.54, 1.807) is 6.92 Å². The van der Waals surface area contributed by atoms with Crippen LogP contribution in [0.25, 0.3) is 0 Å². The van der Waals surface area contributed by atoms with Crippen LogP contribution in [0.15, 0.2) is 34.8 Å². The van der Waals surface area contributed by atoms with Gasteiger partial charge in [-0.15, -0.1) is 11.3 Å². The lowest BCUT2D eigenvalue weighted by molar-refractivity contribution is 0.190. The molecule has 0 fully saturated rings. The molecule has 1 aromatic heterocycles. The van der Waals surface area contributed by atoms with Gasteiger partial charge in [0, 0.05) is 14.9 Å². The Balaban J connectivity index is 2.15. The number of thiophene rings is 1. The van der Waals surface area contributed by atoms with Gasteiger partial charge in [-0.1, -0.05) is 33.6 Å². The Hall–Kier alpha value is -0.550. The maximum atomic E-state index is 9.68. The molecule has 0 aliphatic heterocycles. The predicted molar refractivity (Wildman–Crippen MR) is 78.4 cm³/mol.